The topological polar surface area (TPSA) is 61.6 Å². The average molecular weight is 301 g/mol. The van der Waals surface area contributed by atoms with Crippen LogP contribution >= 0.6 is 0 Å². The van der Waals surface area contributed by atoms with Gasteiger partial charge in [-0.25, -0.2) is 13.6 Å². The third-order valence-corrected chi connectivity index (χ3v) is 2.58. The molecular formula is C13H10F3NO4. The van der Waals surface area contributed by atoms with E-state index in [9.17, 15) is 18.0 Å². The van der Waals surface area contributed by atoms with E-state index in [0.717, 1.165) is 13.2 Å². The highest BCUT2D eigenvalue weighted by Crippen LogP contribution is 2.33. The normalized spacial score (nSPS) is 10.5. The molecule has 1 aromatic carbocycles. The molecular weight excluding hydrogens is 291 g/mol. The van der Waals surface area contributed by atoms with Gasteiger partial charge in [-0.15, -0.1) is 0 Å². The molecule has 0 aliphatic rings. The maximum atomic E-state index is 14.0. The molecule has 0 radical (unpaired) electrons. The number of carbonyl (C=O) groups excluding carboxylic acids is 1. The van der Waals surface area contributed by atoms with Crippen LogP contribution < -0.4 is 4.74 Å². The summed E-state index contributed by atoms with van der Waals surface area (Å²) in [5.74, 6) is -5.86. The monoisotopic (exact) mass is 301 g/mol. The SMILES string of the molecule is CCOC(=O)c1cc(-c2cc(F)c(F)c(OC)c2F)on1. The number of ether oxygens (including phenoxy) is 2. The van der Waals surface area contributed by atoms with Gasteiger partial charge in [-0.3, -0.25) is 0 Å². The highest BCUT2D eigenvalue weighted by atomic mass is 19.2. The highest BCUT2D eigenvalue weighted by Gasteiger charge is 2.24. The van der Waals surface area contributed by atoms with Gasteiger partial charge in [0, 0.05) is 6.07 Å². The molecule has 0 saturated carbocycles. The summed E-state index contributed by atoms with van der Waals surface area (Å²) in [7, 11) is 0.995. The Morgan fingerprint density at radius 1 is 1.29 bits per heavy atom. The number of benzene rings is 1. The Hall–Kier alpha value is -2.51. The third kappa shape index (κ3) is 2.69. The summed E-state index contributed by atoms with van der Waals surface area (Å²) >= 11 is 0. The fraction of sp³-hybridized carbons (Fsp3) is 0.231. The lowest BCUT2D eigenvalue weighted by molar-refractivity contribution is 0.0514. The van der Waals surface area contributed by atoms with E-state index >= 15 is 0 Å². The number of hydrogen-bond acceptors (Lipinski definition) is 5. The van der Waals surface area contributed by atoms with E-state index in [1.807, 2.05) is 0 Å². The molecule has 0 spiro atoms. The lowest BCUT2D eigenvalue weighted by Crippen LogP contribution is -2.04. The van der Waals surface area contributed by atoms with Crippen LogP contribution in [-0.2, 0) is 4.74 Å². The van der Waals surface area contributed by atoms with Crippen molar-refractivity contribution in [1.82, 2.24) is 5.16 Å². The number of methoxy groups -OCH3 is 1. The zero-order valence-electron chi connectivity index (χ0n) is 11.1. The lowest BCUT2D eigenvalue weighted by atomic mass is 10.1. The van der Waals surface area contributed by atoms with Gasteiger partial charge in [0.2, 0.25) is 5.82 Å². The van der Waals surface area contributed by atoms with Crippen molar-refractivity contribution in [3.05, 3.63) is 35.3 Å². The Balaban J connectivity index is 2.48. The number of hydrogen-bond donors (Lipinski definition) is 0. The predicted molar refractivity (Wildman–Crippen MR) is 64.3 cm³/mol. The van der Waals surface area contributed by atoms with Crippen molar-refractivity contribution in [3.63, 3.8) is 0 Å². The van der Waals surface area contributed by atoms with Crippen LogP contribution in [0.25, 0.3) is 11.3 Å². The Morgan fingerprint density at radius 2 is 2.00 bits per heavy atom. The van der Waals surface area contributed by atoms with Gasteiger partial charge in [0.1, 0.15) is 0 Å². The second-order valence-electron chi connectivity index (χ2n) is 3.86. The first kappa shape index (κ1) is 14.9. The van der Waals surface area contributed by atoms with Crippen molar-refractivity contribution in [2.24, 2.45) is 0 Å². The molecule has 112 valence electrons. The van der Waals surface area contributed by atoms with Crippen LogP contribution in [0, 0.1) is 17.5 Å². The zero-order chi connectivity index (χ0) is 15.6. The minimum atomic E-state index is -1.45. The Morgan fingerprint density at radius 3 is 2.62 bits per heavy atom. The van der Waals surface area contributed by atoms with Gasteiger partial charge in [-0.1, -0.05) is 5.16 Å². The maximum absolute atomic E-state index is 14.0. The highest BCUT2D eigenvalue weighted by molar-refractivity contribution is 5.88. The van der Waals surface area contributed by atoms with Gasteiger partial charge in [0.25, 0.3) is 0 Å². The van der Waals surface area contributed by atoms with E-state index in [0.29, 0.717) is 6.07 Å². The summed E-state index contributed by atoms with van der Waals surface area (Å²) in [6.45, 7) is 1.72. The van der Waals surface area contributed by atoms with Crippen molar-refractivity contribution in [2.75, 3.05) is 13.7 Å². The molecule has 8 heteroatoms. The molecule has 5 nitrogen and oxygen atoms in total. The Labute approximate surface area is 117 Å². The van der Waals surface area contributed by atoms with E-state index in [1.165, 1.54) is 0 Å². The maximum Gasteiger partial charge on any atom is 0.360 e. The first-order valence-electron chi connectivity index (χ1n) is 5.85. The first-order valence-corrected chi connectivity index (χ1v) is 5.85. The minimum absolute atomic E-state index is 0.119. The van der Waals surface area contributed by atoms with E-state index in [1.54, 1.807) is 6.92 Å². The quantitative estimate of drug-likeness (QED) is 0.642. The molecule has 0 unspecified atom stereocenters. The number of rotatable bonds is 4. The van der Waals surface area contributed by atoms with Crippen LogP contribution in [0.3, 0.4) is 0 Å². The average Bonchev–Trinajstić information content (AvgIpc) is 2.93. The molecule has 2 aromatic rings. The molecule has 0 atom stereocenters. The molecule has 0 amide bonds. The zero-order valence-corrected chi connectivity index (χ0v) is 11.1. The predicted octanol–water partition coefficient (Wildman–Crippen LogP) is 2.94. The minimum Gasteiger partial charge on any atom is -0.491 e. The van der Waals surface area contributed by atoms with Crippen molar-refractivity contribution in [3.8, 4) is 17.1 Å². The number of halogens is 3. The van der Waals surface area contributed by atoms with E-state index in [-0.39, 0.29) is 18.1 Å². The van der Waals surface area contributed by atoms with Gasteiger partial charge in [-0.05, 0) is 13.0 Å². The smallest absolute Gasteiger partial charge is 0.360 e. The number of aromatic nitrogens is 1. The van der Waals surface area contributed by atoms with E-state index in [2.05, 4.69) is 14.6 Å². The standard InChI is InChI=1S/C13H10F3NO4/c1-3-20-13(18)8-5-9(21-17-8)6-4-7(14)11(16)12(19-2)10(6)15/h4-5H,3H2,1-2H3. The first-order chi connectivity index (χ1) is 9.99. The van der Waals surface area contributed by atoms with Gasteiger partial charge in [0.05, 0.1) is 19.3 Å². The Bertz CT molecular complexity index is 684. The van der Waals surface area contributed by atoms with Gasteiger partial charge in [0.15, 0.2) is 28.8 Å². The van der Waals surface area contributed by atoms with Crippen LogP contribution in [0.1, 0.15) is 17.4 Å². The summed E-state index contributed by atoms with van der Waals surface area (Å²) in [6, 6.07) is 1.65. The lowest BCUT2D eigenvalue weighted by Gasteiger charge is -2.07. The largest absolute Gasteiger partial charge is 0.491 e. The van der Waals surface area contributed by atoms with Crippen LogP contribution in [0.2, 0.25) is 0 Å². The number of nitrogens with zero attached hydrogens (tertiary/aromatic N) is 1. The second-order valence-corrected chi connectivity index (χ2v) is 3.86. The van der Waals surface area contributed by atoms with Crippen LogP contribution in [0.5, 0.6) is 5.75 Å². The number of esters is 1. The van der Waals surface area contributed by atoms with Gasteiger partial charge < -0.3 is 14.0 Å². The molecule has 0 N–H and O–H groups in total. The van der Waals surface area contributed by atoms with Crippen molar-refractivity contribution in [1.29, 1.82) is 0 Å². The van der Waals surface area contributed by atoms with Crippen LogP contribution in [-0.4, -0.2) is 24.8 Å². The number of carbonyl (C=O) groups is 1. The van der Waals surface area contributed by atoms with Gasteiger partial charge in [-0.2, -0.15) is 4.39 Å². The fourth-order valence-electron chi connectivity index (χ4n) is 1.64. The third-order valence-electron chi connectivity index (χ3n) is 2.58. The summed E-state index contributed by atoms with van der Waals surface area (Å²) in [4.78, 5) is 11.4. The molecule has 1 heterocycles. The molecule has 2 rings (SSSR count). The summed E-state index contributed by atoms with van der Waals surface area (Å²) in [6.07, 6.45) is 0. The van der Waals surface area contributed by atoms with E-state index < -0.39 is 34.7 Å². The van der Waals surface area contributed by atoms with Crippen LogP contribution in [0.4, 0.5) is 13.2 Å². The summed E-state index contributed by atoms with van der Waals surface area (Å²) in [5.41, 5.74) is -0.635. The van der Waals surface area contributed by atoms with Crippen molar-refractivity contribution >= 4 is 5.97 Å². The molecule has 1 aromatic heterocycles. The van der Waals surface area contributed by atoms with Crippen molar-refractivity contribution < 1.29 is 32.0 Å². The molecule has 0 bridgehead atoms. The summed E-state index contributed by atoms with van der Waals surface area (Å²) in [5, 5.41) is 3.39. The molecule has 0 saturated heterocycles. The van der Waals surface area contributed by atoms with Gasteiger partial charge >= 0.3 is 5.97 Å². The van der Waals surface area contributed by atoms with Crippen molar-refractivity contribution in [2.45, 2.75) is 6.92 Å². The van der Waals surface area contributed by atoms with Crippen LogP contribution in [0.15, 0.2) is 16.7 Å². The fourth-order valence-corrected chi connectivity index (χ4v) is 1.64. The Kier molecular flexibility index (Phi) is 4.15. The molecule has 0 aliphatic heterocycles. The van der Waals surface area contributed by atoms with E-state index in [4.69, 9.17) is 4.52 Å². The molecule has 0 fully saturated rings. The molecule has 21 heavy (non-hydrogen) atoms. The molecule has 0 aliphatic carbocycles. The summed E-state index contributed by atoms with van der Waals surface area (Å²) < 4.78 is 54.7. The second kappa shape index (κ2) is 5.86.